The third-order valence-corrected chi connectivity index (χ3v) is 6.06. The van der Waals surface area contributed by atoms with Crippen LogP contribution in [0.1, 0.15) is 71.6 Å². The summed E-state index contributed by atoms with van der Waals surface area (Å²) in [6.07, 6.45) is 12.8. The Bertz CT molecular complexity index is 235. The molecule has 0 bridgehead atoms. The maximum absolute atomic E-state index is 4.73. The van der Waals surface area contributed by atoms with Crippen LogP contribution in [0.5, 0.6) is 0 Å². The molecule has 18 heavy (non-hydrogen) atoms. The van der Waals surface area contributed by atoms with E-state index < -0.39 is 0 Å². The second-order valence-electron chi connectivity index (χ2n) is 6.87. The molecule has 0 radical (unpaired) electrons. The minimum atomic E-state index is 0.513. The van der Waals surface area contributed by atoms with E-state index in [2.05, 4.69) is 18.7 Å². The molecule has 2 atom stereocenters. The number of thiol groups is 1. The molecule has 0 aromatic rings. The number of hydrogen-bond acceptors (Lipinski definition) is 2. The van der Waals surface area contributed by atoms with E-state index in [1.54, 1.807) is 0 Å². The van der Waals surface area contributed by atoms with Crippen molar-refractivity contribution in [3.63, 3.8) is 0 Å². The number of nitrogens with zero attached hydrogens (tertiary/aromatic N) is 1. The lowest BCUT2D eigenvalue weighted by Gasteiger charge is -2.45. The fourth-order valence-corrected chi connectivity index (χ4v) is 4.43. The summed E-state index contributed by atoms with van der Waals surface area (Å²) in [6, 6.07) is 1.57. The molecule has 1 heterocycles. The summed E-state index contributed by atoms with van der Waals surface area (Å²) in [5, 5.41) is 0. The first-order chi connectivity index (χ1) is 8.67. The molecule has 1 aliphatic heterocycles. The molecule has 0 aromatic heterocycles. The van der Waals surface area contributed by atoms with Crippen molar-refractivity contribution in [3.8, 4) is 0 Å². The van der Waals surface area contributed by atoms with Gasteiger partial charge in [0.25, 0.3) is 0 Å². The van der Waals surface area contributed by atoms with E-state index in [1.807, 2.05) is 0 Å². The zero-order chi connectivity index (χ0) is 13.0. The molecule has 1 saturated carbocycles. The minimum Gasteiger partial charge on any atom is -0.297 e. The summed E-state index contributed by atoms with van der Waals surface area (Å²) in [6.45, 7) is 6.16. The summed E-state index contributed by atoms with van der Waals surface area (Å²) in [7, 11) is 0. The monoisotopic (exact) mass is 269 g/mol. The van der Waals surface area contributed by atoms with Crippen LogP contribution in [0.25, 0.3) is 0 Å². The van der Waals surface area contributed by atoms with Crippen molar-refractivity contribution in [2.75, 3.05) is 12.3 Å². The van der Waals surface area contributed by atoms with Gasteiger partial charge in [0.15, 0.2) is 0 Å². The predicted molar refractivity (Wildman–Crippen MR) is 83.5 cm³/mol. The Balaban J connectivity index is 2.03. The Morgan fingerprint density at radius 3 is 2.00 bits per heavy atom. The van der Waals surface area contributed by atoms with E-state index in [0.29, 0.717) is 5.41 Å². The Morgan fingerprint density at radius 2 is 1.50 bits per heavy atom. The molecule has 0 aromatic carbocycles. The minimum absolute atomic E-state index is 0.513. The highest BCUT2D eigenvalue weighted by atomic mass is 32.1. The van der Waals surface area contributed by atoms with Crippen molar-refractivity contribution >= 4 is 12.6 Å². The van der Waals surface area contributed by atoms with Gasteiger partial charge in [0.05, 0.1) is 0 Å². The van der Waals surface area contributed by atoms with E-state index >= 15 is 0 Å². The molecule has 2 heteroatoms. The highest BCUT2D eigenvalue weighted by Crippen LogP contribution is 2.39. The van der Waals surface area contributed by atoms with Gasteiger partial charge in [-0.3, -0.25) is 4.90 Å². The number of piperidine rings is 1. The lowest BCUT2D eigenvalue weighted by atomic mass is 9.80. The van der Waals surface area contributed by atoms with E-state index in [0.717, 1.165) is 17.8 Å². The van der Waals surface area contributed by atoms with Crippen LogP contribution in [0.4, 0.5) is 0 Å². The third kappa shape index (κ3) is 3.45. The fraction of sp³-hybridized carbons (Fsp3) is 1.00. The summed E-state index contributed by atoms with van der Waals surface area (Å²) in [5.41, 5.74) is 0.513. The van der Waals surface area contributed by atoms with Crippen molar-refractivity contribution in [1.29, 1.82) is 0 Å². The molecule has 1 aliphatic carbocycles. The molecule has 2 unspecified atom stereocenters. The zero-order valence-corrected chi connectivity index (χ0v) is 13.2. The lowest BCUT2D eigenvalue weighted by Crippen LogP contribution is -2.49. The van der Waals surface area contributed by atoms with E-state index in [4.69, 9.17) is 12.6 Å². The first kappa shape index (κ1) is 14.7. The quantitative estimate of drug-likeness (QED) is 0.582. The van der Waals surface area contributed by atoms with Crippen molar-refractivity contribution in [2.24, 2.45) is 5.41 Å². The standard InChI is InChI=1S/C16H31NS/c1-14-8-7-9-15(2)17(14)12-16(13-18)10-5-3-4-6-11-16/h14-15,18H,3-13H2,1-2H3. The normalized spacial score (nSPS) is 34.2. The van der Waals surface area contributed by atoms with Crippen LogP contribution in [0.2, 0.25) is 0 Å². The molecule has 2 aliphatic rings. The Hall–Kier alpha value is 0.310. The molecule has 1 saturated heterocycles. The molecule has 1 nitrogen and oxygen atoms in total. The maximum atomic E-state index is 4.73. The number of likely N-dealkylation sites (tertiary alicyclic amines) is 1. The van der Waals surface area contributed by atoms with Crippen LogP contribution in [0.3, 0.4) is 0 Å². The van der Waals surface area contributed by atoms with Gasteiger partial charge in [-0.15, -0.1) is 0 Å². The Kier molecular flexibility index (Phi) is 5.44. The van der Waals surface area contributed by atoms with E-state index in [1.165, 1.54) is 64.3 Å². The predicted octanol–water partition coefficient (Wildman–Crippen LogP) is 4.52. The average molecular weight is 269 g/mol. The maximum Gasteiger partial charge on any atom is 0.00699 e. The van der Waals surface area contributed by atoms with Crippen molar-refractivity contribution in [1.82, 2.24) is 4.90 Å². The third-order valence-electron chi connectivity index (χ3n) is 5.39. The van der Waals surface area contributed by atoms with Gasteiger partial charge in [-0.2, -0.15) is 12.6 Å². The van der Waals surface area contributed by atoms with Gasteiger partial charge >= 0.3 is 0 Å². The Morgan fingerprint density at radius 1 is 0.944 bits per heavy atom. The SMILES string of the molecule is CC1CCCC(C)N1CC1(CS)CCCCCC1. The average Bonchev–Trinajstić information content (AvgIpc) is 2.60. The van der Waals surface area contributed by atoms with E-state index in [9.17, 15) is 0 Å². The summed E-state index contributed by atoms with van der Waals surface area (Å²) in [5.74, 6) is 1.09. The molecule has 2 rings (SSSR count). The first-order valence-corrected chi connectivity index (χ1v) is 8.67. The van der Waals surface area contributed by atoms with Gasteiger partial charge in [0.2, 0.25) is 0 Å². The van der Waals surface area contributed by atoms with Crippen LogP contribution in [0.15, 0.2) is 0 Å². The largest absolute Gasteiger partial charge is 0.297 e. The zero-order valence-electron chi connectivity index (χ0n) is 12.3. The fourth-order valence-electron chi connectivity index (χ4n) is 4.02. The van der Waals surface area contributed by atoms with Gasteiger partial charge in [0.1, 0.15) is 0 Å². The summed E-state index contributed by atoms with van der Waals surface area (Å²) >= 11 is 4.73. The summed E-state index contributed by atoms with van der Waals surface area (Å²) in [4.78, 5) is 2.80. The van der Waals surface area contributed by atoms with Crippen molar-refractivity contribution in [3.05, 3.63) is 0 Å². The van der Waals surface area contributed by atoms with Gasteiger partial charge in [-0.05, 0) is 50.7 Å². The van der Waals surface area contributed by atoms with Gasteiger partial charge in [0, 0.05) is 18.6 Å². The molecule has 106 valence electrons. The van der Waals surface area contributed by atoms with Gasteiger partial charge in [-0.25, -0.2) is 0 Å². The molecule has 0 spiro atoms. The number of hydrogen-bond donors (Lipinski definition) is 1. The molecule has 0 N–H and O–H groups in total. The lowest BCUT2D eigenvalue weighted by molar-refractivity contribution is 0.0498. The highest BCUT2D eigenvalue weighted by molar-refractivity contribution is 7.80. The van der Waals surface area contributed by atoms with Crippen LogP contribution >= 0.6 is 12.6 Å². The smallest absolute Gasteiger partial charge is 0.00699 e. The topological polar surface area (TPSA) is 3.24 Å². The van der Waals surface area contributed by atoms with Gasteiger partial charge in [-0.1, -0.05) is 32.1 Å². The van der Waals surface area contributed by atoms with Crippen LogP contribution in [-0.2, 0) is 0 Å². The highest BCUT2D eigenvalue weighted by Gasteiger charge is 2.35. The molecule has 0 amide bonds. The second-order valence-corrected chi connectivity index (χ2v) is 7.19. The Labute approximate surface area is 119 Å². The van der Waals surface area contributed by atoms with Crippen molar-refractivity contribution in [2.45, 2.75) is 83.7 Å². The second kappa shape index (κ2) is 6.65. The van der Waals surface area contributed by atoms with Crippen LogP contribution in [0, 0.1) is 5.41 Å². The molecular weight excluding hydrogens is 238 g/mol. The van der Waals surface area contributed by atoms with E-state index in [-0.39, 0.29) is 0 Å². The van der Waals surface area contributed by atoms with Crippen molar-refractivity contribution < 1.29 is 0 Å². The van der Waals surface area contributed by atoms with Gasteiger partial charge < -0.3 is 0 Å². The first-order valence-electron chi connectivity index (χ1n) is 8.03. The summed E-state index contributed by atoms with van der Waals surface area (Å²) < 4.78 is 0. The molecular formula is C16H31NS. The van der Waals surface area contributed by atoms with Crippen LogP contribution < -0.4 is 0 Å². The van der Waals surface area contributed by atoms with Crippen LogP contribution in [-0.4, -0.2) is 29.3 Å². The number of rotatable bonds is 3. The molecule has 2 fully saturated rings.